The number of nitro benzene ring substituents is 1. The monoisotopic (exact) mass is 313 g/mol. The van der Waals surface area contributed by atoms with E-state index in [1.807, 2.05) is 6.92 Å². The average molecular weight is 313 g/mol. The Morgan fingerprint density at radius 3 is 2.86 bits per heavy atom. The molecule has 0 amide bonds. The van der Waals surface area contributed by atoms with Gasteiger partial charge in [0.2, 0.25) is 11.7 Å². The Bertz CT molecular complexity index is 662. The molecule has 0 saturated carbocycles. The second-order valence-electron chi connectivity index (χ2n) is 4.03. The molecule has 9 heteroatoms. The zero-order chi connectivity index (χ0) is 15.4. The Kier molecular flexibility index (Phi) is 4.73. The number of hydrogen-bond donors (Lipinski definition) is 0. The van der Waals surface area contributed by atoms with Gasteiger partial charge in [-0.25, -0.2) is 0 Å². The summed E-state index contributed by atoms with van der Waals surface area (Å²) in [6.45, 7) is 1.96. The summed E-state index contributed by atoms with van der Waals surface area (Å²) in [5.41, 5.74) is -0.643. The summed E-state index contributed by atoms with van der Waals surface area (Å²) in [4.78, 5) is 10.2. The lowest BCUT2D eigenvalue weighted by Crippen LogP contribution is -1.96. The lowest BCUT2D eigenvalue weighted by Gasteiger charge is -2.04. The van der Waals surface area contributed by atoms with Gasteiger partial charge in [-0.05, 0) is 18.2 Å². The van der Waals surface area contributed by atoms with Crippen LogP contribution in [0.25, 0.3) is 0 Å². The standard InChI is InChI=1S/C12H12FN3O4S/c1-3-4-10-14-15-12(20-10)21-9-6-7(19-2)5-8(13)11(9)16(17)18/h5-6H,3-4H2,1-2H3. The number of rotatable bonds is 6. The van der Waals surface area contributed by atoms with E-state index in [-0.39, 0.29) is 15.9 Å². The van der Waals surface area contributed by atoms with E-state index in [1.165, 1.54) is 13.2 Å². The predicted octanol–water partition coefficient (Wildman–Crippen LogP) is 3.23. The number of hydrogen-bond acceptors (Lipinski definition) is 7. The molecule has 0 bridgehead atoms. The van der Waals surface area contributed by atoms with Crippen LogP contribution in [0.3, 0.4) is 0 Å². The highest BCUT2D eigenvalue weighted by molar-refractivity contribution is 7.99. The van der Waals surface area contributed by atoms with Crippen molar-refractivity contribution in [3.05, 3.63) is 34.0 Å². The van der Waals surface area contributed by atoms with E-state index in [9.17, 15) is 14.5 Å². The molecule has 0 N–H and O–H groups in total. The summed E-state index contributed by atoms with van der Waals surface area (Å²) < 4.78 is 24.0. The normalized spacial score (nSPS) is 10.6. The molecule has 1 aromatic carbocycles. The van der Waals surface area contributed by atoms with Crippen LogP contribution in [0.5, 0.6) is 5.75 Å². The molecule has 2 rings (SSSR count). The van der Waals surface area contributed by atoms with Crippen LogP contribution in [-0.2, 0) is 6.42 Å². The van der Waals surface area contributed by atoms with Crippen LogP contribution in [0.15, 0.2) is 26.7 Å². The van der Waals surface area contributed by atoms with Crippen molar-refractivity contribution in [1.82, 2.24) is 10.2 Å². The molecule has 112 valence electrons. The first-order chi connectivity index (χ1) is 10.0. The number of nitro groups is 1. The molecule has 2 aromatic rings. The number of ether oxygens (including phenoxy) is 1. The van der Waals surface area contributed by atoms with Crippen molar-refractivity contribution < 1.29 is 18.5 Å². The van der Waals surface area contributed by atoms with E-state index < -0.39 is 16.4 Å². The number of methoxy groups -OCH3 is 1. The average Bonchev–Trinajstić information content (AvgIpc) is 2.85. The van der Waals surface area contributed by atoms with Gasteiger partial charge in [-0.2, -0.15) is 4.39 Å². The van der Waals surface area contributed by atoms with E-state index in [2.05, 4.69) is 10.2 Å². The van der Waals surface area contributed by atoms with Gasteiger partial charge in [0.15, 0.2) is 0 Å². The van der Waals surface area contributed by atoms with E-state index in [1.54, 1.807) is 0 Å². The Balaban J connectivity index is 2.36. The first-order valence-corrected chi connectivity index (χ1v) is 6.89. The van der Waals surface area contributed by atoms with Gasteiger partial charge in [-0.1, -0.05) is 6.92 Å². The predicted molar refractivity (Wildman–Crippen MR) is 72.0 cm³/mol. The summed E-state index contributed by atoms with van der Waals surface area (Å²) in [5, 5.41) is 18.7. The molecular formula is C12H12FN3O4S. The van der Waals surface area contributed by atoms with Gasteiger partial charge in [-0.3, -0.25) is 10.1 Å². The maximum Gasteiger partial charge on any atom is 0.319 e. The molecule has 0 aliphatic heterocycles. The number of benzene rings is 1. The smallest absolute Gasteiger partial charge is 0.319 e. The molecule has 0 saturated heterocycles. The van der Waals surface area contributed by atoms with Gasteiger partial charge in [-0.15, -0.1) is 10.2 Å². The van der Waals surface area contributed by atoms with Crippen LogP contribution in [0.1, 0.15) is 19.2 Å². The van der Waals surface area contributed by atoms with Crippen molar-refractivity contribution >= 4 is 17.4 Å². The van der Waals surface area contributed by atoms with Crippen LogP contribution in [0.2, 0.25) is 0 Å². The van der Waals surface area contributed by atoms with Crippen molar-refractivity contribution in [2.45, 2.75) is 29.9 Å². The summed E-state index contributed by atoms with van der Waals surface area (Å²) in [6, 6.07) is 2.31. The van der Waals surface area contributed by atoms with Gasteiger partial charge >= 0.3 is 5.69 Å². The van der Waals surface area contributed by atoms with Crippen molar-refractivity contribution in [3.63, 3.8) is 0 Å². The van der Waals surface area contributed by atoms with E-state index >= 15 is 0 Å². The van der Waals surface area contributed by atoms with E-state index in [4.69, 9.17) is 9.15 Å². The van der Waals surface area contributed by atoms with Gasteiger partial charge in [0, 0.05) is 18.6 Å². The fraction of sp³-hybridized carbons (Fsp3) is 0.333. The third-order valence-electron chi connectivity index (χ3n) is 2.53. The second kappa shape index (κ2) is 6.53. The van der Waals surface area contributed by atoms with Crippen LogP contribution in [0.4, 0.5) is 10.1 Å². The highest BCUT2D eigenvalue weighted by Crippen LogP contribution is 2.38. The third-order valence-corrected chi connectivity index (χ3v) is 3.40. The SMILES string of the molecule is CCCc1nnc(Sc2cc(OC)cc(F)c2[N+](=O)[O-])o1. The molecule has 0 fully saturated rings. The molecule has 0 unspecified atom stereocenters. The highest BCUT2D eigenvalue weighted by Gasteiger charge is 2.24. The van der Waals surface area contributed by atoms with Crippen molar-refractivity contribution in [2.24, 2.45) is 0 Å². The number of halogens is 1. The molecular weight excluding hydrogens is 301 g/mol. The van der Waals surface area contributed by atoms with Crippen LogP contribution < -0.4 is 4.74 Å². The third kappa shape index (κ3) is 3.48. The highest BCUT2D eigenvalue weighted by atomic mass is 32.2. The van der Waals surface area contributed by atoms with Gasteiger partial charge in [0.05, 0.1) is 12.0 Å². The molecule has 21 heavy (non-hydrogen) atoms. The largest absolute Gasteiger partial charge is 0.497 e. The lowest BCUT2D eigenvalue weighted by atomic mass is 10.3. The molecule has 0 aliphatic rings. The second-order valence-corrected chi connectivity index (χ2v) is 5.02. The van der Waals surface area contributed by atoms with Crippen molar-refractivity contribution in [2.75, 3.05) is 7.11 Å². The Hall–Kier alpha value is -2.16. The Labute approximate surface area is 123 Å². The van der Waals surface area contributed by atoms with E-state index in [0.29, 0.717) is 12.3 Å². The fourth-order valence-corrected chi connectivity index (χ4v) is 2.46. The Morgan fingerprint density at radius 1 is 1.48 bits per heavy atom. The lowest BCUT2D eigenvalue weighted by molar-refractivity contribution is -0.390. The molecule has 7 nitrogen and oxygen atoms in total. The van der Waals surface area contributed by atoms with Crippen molar-refractivity contribution in [1.29, 1.82) is 0 Å². The minimum Gasteiger partial charge on any atom is -0.497 e. The summed E-state index contributed by atoms with van der Waals surface area (Å²) in [5.74, 6) is -0.366. The molecule has 1 heterocycles. The van der Waals surface area contributed by atoms with Crippen LogP contribution in [0, 0.1) is 15.9 Å². The number of aryl methyl sites for hydroxylation is 1. The minimum atomic E-state index is -0.977. The van der Waals surface area contributed by atoms with Gasteiger partial charge in [0.1, 0.15) is 10.6 Å². The zero-order valence-corrected chi connectivity index (χ0v) is 12.1. The maximum absolute atomic E-state index is 13.8. The summed E-state index contributed by atoms with van der Waals surface area (Å²) >= 11 is 0.831. The maximum atomic E-state index is 13.8. The molecule has 0 radical (unpaired) electrons. The molecule has 0 aliphatic carbocycles. The summed E-state index contributed by atoms with van der Waals surface area (Å²) in [7, 11) is 1.35. The van der Waals surface area contributed by atoms with Crippen molar-refractivity contribution in [3.8, 4) is 5.75 Å². The fourth-order valence-electron chi connectivity index (χ4n) is 1.61. The van der Waals surface area contributed by atoms with Crippen LogP contribution >= 0.6 is 11.8 Å². The first kappa shape index (κ1) is 15.2. The Morgan fingerprint density at radius 2 is 2.24 bits per heavy atom. The number of nitrogens with zero attached hydrogens (tertiary/aromatic N) is 3. The minimum absolute atomic E-state index is 0.0450. The molecule has 1 aromatic heterocycles. The van der Waals surface area contributed by atoms with Gasteiger partial charge in [0.25, 0.3) is 5.22 Å². The molecule has 0 spiro atoms. The van der Waals surface area contributed by atoms with Gasteiger partial charge < -0.3 is 9.15 Å². The first-order valence-electron chi connectivity index (χ1n) is 6.07. The molecule has 0 atom stereocenters. The quantitative estimate of drug-likeness (QED) is 0.597. The summed E-state index contributed by atoms with van der Waals surface area (Å²) in [6.07, 6.45) is 1.45. The van der Waals surface area contributed by atoms with Crippen LogP contribution in [-0.4, -0.2) is 22.2 Å². The number of aromatic nitrogens is 2. The topological polar surface area (TPSA) is 91.3 Å². The zero-order valence-electron chi connectivity index (χ0n) is 11.3. The van der Waals surface area contributed by atoms with E-state index in [0.717, 1.165) is 24.2 Å².